The van der Waals surface area contributed by atoms with Crippen molar-refractivity contribution in [3.8, 4) is 0 Å². The van der Waals surface area contributed by atoms with Crippen molar-refractivity contribution in [2.45, 2.75) is 0 Å². The highest BCUT2D eigenvalue weighted by atomic mass is 32.1. The number of rotatable bonds is 2. The summed E-state index contributed by atoms with van der Waals surface area (Å²) in [6.45, 7) is 0. The molecule has 3 N–H and O–H groups in total. The number of hydrogen-bond donors (Lipinski definition) is 2. The first-order chi connectivity index (χ1) is 7.27. The molecule has 0 saturated heterocycles. The number of para-hydroxylation sites is 1. The number of amides is 1. The molecule has 0 atom stereocenters. The fourth-order valence-electron chi connectivity index (χ4n) is 1.23. The van der Waals surface area contributed by atoms with Gasteiger partial charge in [0.1, 0.15) is 0 Å². The van der Waals surface area contributed by atoms with Crippen LogP contribution in [0.2, 0.25) is 0 Å². The molecule has 1 aromatic carbocycles. The van der Waals surface area contributed by atoms with Gasteiger partial charge in [0.2, 0.25) is 0 Å². The Labute approximate surface area is 91.5 Å². The fraction of sp³-hybridized carbons (Fsp3) is 0. The van der Waals surface area contributed by atoms with Crippen LogP contribution in [-0.4, -0.2) is 5.91 Å². The molecule has 0 aliphatic carbocycles. The Balaban J connectivity index is 2.19. The highest BCUT2D eigenvalue weighted by molar-refractivity contribution is 7.14. The number of hydrogen-bond acceptors (Lipinski definition) is 3. The minimum absolute atomic E-state index is 0.171. The summed E-state index contributed by atoms with van der Waals surface area (Å²) in [5, 5.41) is 5.51. The van der Waals surface area contributed by atoms with E-state index in [1.807, 2.05) is 17.5 Å². The van der Waals surface area contributed by atoms with E-state index in [1.54, 1.807) is 24.3 Å². The molecular weight excluding hydrogens is 208 g/mol. The van der Waals surface area contributed by atoms with Gasteiger partial charge in [-0.25, -0.2) is 0 Å². The molecule has 0 fully saturated rings. The summed E-state index contributed by atoms with van der Waals surface area (Å²) in [5.74, 6) is -0.171. The highest BCUT2D eigenvalue weighted by Gasteiger charge is 2.08. The average molecular weight is 218 g/mol. The number of thiophene rings is 1. The van der Waals surface area contributed by atoms with E-state index in [1.165, 1.54) is 11.3 Å². The minimum atomic E-state index is -0.171. The molecular formula is C11H10N2OS. The average Bonchev–Trinajstić information content (AvgIpc) is 2.71. The third kappa shape index (κ3) is 2.16. The number of carbonyl (C=O) groups is 1. The second kappa shape index (κ2) is 4.14. The van der Waals surface area contributed by atoms with Crippen molar-refractivity contribution in [3.05, 3.63) is 47.3 Å². The Morgan fingerprint density at radius 3 is 2.67 bits per heavy atom. The van der Waals surface area contributed by atoms with Gasteiger partial charge >= 0.3 is 0 Å². The van der Waals surface area contributed by atoms with E-state index in [9.17, 15) is 4.79 Å². The molecule has 0 aliphatic heterocycles. The number of nitrogens with two attached hydrogens (primary N) is 1. The molecule has 1 heterocycles. The van der Waals surface area contributed by atoms with Gasteiger partial charge in [-0.2, -0.15) is 0 Å². The Hall–Kier alpha value is -1.81. The van der Waals surface area contributed by atoms with Gasteiger partial charge in [-0.1, -0.05) is 12.1 Å². The summed E-state index contributed by atoms with van der Waals surface area (Å²) in [6, 6.07) is 10.7. The van der Waals surface area contributed by atoms with Crippen LogP contribution < -0.4 is 11.1 Å². The van der Waals surface area contributed by atoms with Crippen molar-refractivity contribution in [1.29, 1.82) is 0 Å². The Morgan fingerprint density at radius 1 is 1.20 bits per heavy atom. The third-order valence-corrected chi connectivity index (χ3v) is 2.75. The standard InChI is InChI=1S/C11H10N2OS/c12-9-5-2-1-4-8(9)11(14)13-10-6-3-7-15-10/h1-7H,12H2,(H,13,14). The Bertz CT molecular complexity index is 465. The molecule has 76 valence electrons. The lowest BCUT2D eigenvalue weighted by molar-refractivity contribution is 0.102. The molecule has 4 heteroatoms. The number of anilines is 2. The maximum atomic E-state index is 11.7. The van der Waals surface area contributed by atoms with E-state index in [0.717, 1.165) is 5.00 Å². The van der Waals surface area contributed by atoms with E-state index in [4.69, 9.17) is 5.73 Å². The second-order valence-electron chi connectivity index (χ2n) is 3.02. The van der Waals surface area contributed by atoms with Gasteiger partial charge in [0, 0.05) is 5.69 Å². The molecule has 0 saturated carbocycles. The van der Waals surface area contributed by atoms with Gasteiger partial charge in [0.15, 0.2) is 0 Å². The van der Waals surface area contributed by atoms with Crippen LogP contribution in [0.1, 0.15) is 10.4 Å². The van der Waals surface area contributed by atoms with Crippen LogP contribution in [0.3, 0.4) is 0 Å². The molecule has 2 aromatic rings. The van der Waals surface area contributed by atoms with Gasteiger partial charge in [0.05, 0.1) is 10.6 Å². The van der Waals surface area contributed by atoms with E-state index in [-0.39, 0.29) is 5.91 Å². The second-order valence-corrected chi connectivity index (χ2v) is 3.97. The summed E-state index contributed by atoms with van der Waals surface area (Å²) in [6.07, 6.45) is 0. The third-order valence-electron chi connectivity index (χ3n) is 1.96. The zero-order valence-corrected chi connectivity index (χ0v) is 8.75. The predicted octanol–water partition coefficient (Wildman–Crippen LogP) is 2.58. The maximum absolute atomic E-state index is 11.7. The first-order valence-corrected chi connectivity index (χ1v) is 5.34. The van der Waals surface area contributed by atoms with Crippen LogP contribution >= 0.6 is 11.3 Å². The molecule has 1 amide bonds. The van der Waals surface area contributed by atoms with E-state index in [2.05, 4.69) is 5.32 Å². The van der Waals surface area contributed by atoms with Crippen molar-refractivity contribution in [2.24, 2.45) is 0 Å². The molecule has 0 unspecified atom stereocenters. The lowest BCUT2D eigenvalue weighted by Gasteiger charge is -2.04. The zero-order valence-electron chi connectivity index (χ0n) is 7.94. The summed E-state index contributed by atoms with van der Waals surface area (Å²) in [4.78, 5) is 11.7. The van der Waals surface area contributed by atoms with E-state index >= 15 is 0 Å². The van der Waals surface area contributed by atoms with E-state index < -0.39 is 0 Å². The quantitative estimate of drug-likeness (QED) is 0.761. The molecule has 3 nitrogen and oxygen atoms in total. The summed E-state index contributed by atoms with van der Waals surface area (Å²) < 4.78 is 0. The predicted molar refractivity (Wildman–Crippen MR) is 63.1 cm³/mol. The maximum Gasteiger partial charge on any atom is 0.258 e. The van der Waals surface area contributed by atoms with Crippen molar-refractivity contribution in [1.82, 2.24) is 0 Å². The van der Waals surface area contributed by atoms with Gasteiger partial charge in [0.25, 0.3) is 5.91 Å². The topological polar surface area (TPSA) is 55.1 Å². The fourth-order valence-corrected chi connectivity index (χ4v) is 1.85. The van der Waals surface area contributed by atoms with Crippen LogP contribution in [0, 0.1) is 0 Å². The summed E-state index contributed by atoms with van der Waals surface area (Å²) in [7, 11) is 0. The van der Waals surface area contributed by atoms with Crippen LogP contribution in [0.15, 0.2) is 41.8 Å². The molecule has 0 radical (unpaired) electrons. The van der Waals surface area contributed by atoms with E-state index in [0.29, 0.717) is 11.3 Å². The monoisotopic (exact) mass is 218 g/mol. The number of benzene rings is 1. The lowest BCUT2D eigenvalue weighted by Crippen LogP contribution is -2.12. The number of nitrogen functional groups attached to an aromatic ring is 1. The van der Waals surface area contributed by atoms with Gasteiger partial charge in [-0.05, 0) is 29.6 Å². The van der Waals surface area contributed by atoms with Crippen LogP contribution in [-0.2, 0) is 0 Å². The molecule has 1 aromatic heterocycles. The summed E-state index contributed by atoms with van der Waals surface area (Å²) >= 11 is 1.48. The first kappa shape index (κ1) is 9.73. The van der Waals surface area contributed by atoms with Crippen LogP contribution in [0.25, 0.3) is 0 Å². The Kier molecular flexibility index (Phi) is 2.69. The lowest BCUT2D eigenvalue weighted by atomic mass is 10.2. The Morgan fingerprint density at radius 2 is 2.00 bits per heavy atom. The molecule has 0 spiro atoms. The summed E-state index contributed by atoms with van der Waals surface area (Å²) in [5.41, 5.74) is 6.69. The van der Waals surface area contributed by atoms with Gasteiger partial charge in [-0.15, -0.1) is 11.3 Å². The van der Waals surface area contributed by atoms with Crippen molar-refractivity contribution < 1.29 is 4.79 Å². The minimum Gasteiger partial charge on any atom is -0.398 e. The van der Waals surface area contributed by atoms with Crippen LogP contribution in [0.5, 0.6) is 0 Å². The van der Waals surface area contributed by atoms with Crippen molar-refractivity contribution >= 4 is 27.9 Å². The molecule has 0 bridgehead atoms. The normalized spacial score (nSPS) is 9.87. The number of nitrogens with one attached hydrogen (secondary N) is 1. The van der Waals surface area contributed by atoms with Gasteiger partial charge < -0.3 is 11.1 Å². The molecule has 0 aliphatic rings. The zero-order chi connectivity index (χ0) is 10.7. The smallest absolute Gasteiger partial charge is 0.258 e. The SMILES string of the molecule is Nc1ccccc1C(=O)Nc1cccs1. The highest BCUT2D eigenvalue weighted by Crippen LogP contribution is 2.18. The molecule has 2 rings (SSSR count). The van der Waals surface area contributed by atoms with Gasteiger partial charge in [-0.3, -0.25) is 4.79 Å². The van der Waals surface area contributed by atoms with Crippen molar-refractivity contribution in [3.63, 3.8) is 0 Å². The largest absolute Gasteiger partial charge is 0.398 e. The number of carbonyl (C=O) groups excluding carboxylic acids is 1. The first-order valence-electron chi connectivity index (χ1n) is 4.47. The van der Waals surface area contributed by atoms with Crippen LogP contribution in [0.4, 0.5) is 10.7 Å². The van der Waals surface area contributed by atoms with Crippen molar-refractivity contribution in [2.75, 3.05) is 11.1 Å². The molecule has 15 heavy (non-hydrogen) atoms.